The molecule has 10 nitrogen and oxygen atoms in total. The second-order valence-electron chi connectivity index (χ2n) is 13.1. The maximum atomic E-state index is 13.1. The van der Waals surface area contributed by atoms with Gasteiger partial charge in [-0.1, -0.05) is 54.6 Å². The van der Waals surface area contributed by atoms with Crippen molar-refractivity contribution in [1.29, 1.82) is 5.26 Å². The van der Waals surface area contributed by atoms with Crippen molar-refractivity contribution in [3.63, 3.8) is 0 Å². The van der Waals surface area contributed by atoms with Crippen molar-refractivity contribution < 1.29 is 19.1 Å². The first kappa shape index (κ1) is 32.8. The van der Waals surface area contributed by atoms with Crippen molar-refractivity contribution in [2.75, 3.05) is 24.5 Å². The van der Waals surface area contributed by atoms with Gasteiger partial charge in [0.25, 0.3) is 0 Å². The molecule has 48 heavy (non-hydrogen) atoms. The molecule has 1 aliphatic rings. The summed E-state index contributed by atoms with van der Waals surface area (Å²) in [4.78, 5) is 38.9. The molecule has 1 saturated heterocycles. The molecular weight excluding hydrogens is 628 g/mol. The Bertz CT molecular complexity index is 2030. The number of halogens is 1. The largest absolute Gasteiger partial charge is 0.445 e. The Morgan fingerprint density at radius 1 is 1.02 bits per heavy atom. The Morgan fingerprint density at radius 3 is 2.52 bits per heavy atom. The normalized spacial score (nSPS) is 15.0. The number of rotatable bonds is 7. The minimum atomic E-state index is -0.647. The average Bonchev–Trinajstić information content (AvgIpc) is 3.37. The molecule has 1 aliphatic heterocycles. The molecule has 0 aliphatic carbocycles. The zero-order chi connectivity index (χ0) is 34.0. The smallest absolute Gasteiger partial charge is 0.410 e. The lowest BCUT2D eigenvalue weighted by Gasteiger charge is -2.40. The van der Waals surface area contributed by atoms with E-state index in [-0.39, 0.29) is 24.3 Å². The second-order valence-corrected chi connectivity index (χ2v) is 13.4. The number of benzene rings is 3. The number of piperazine rings is 1. The van der Waals surface area contributed by atoms with Crippen LogP contribution in [0.3, 0.4) is 0 Å². The highest BCUT2D eigenvalue weighted by Gasteiger charge is 2.34. The zero-order valence-electron chi connectivity index (χ0n) is 27.4. The lowest BCUT2D eigenvalue weighted by Crippen LogP contribution is -2.55. The van der Waals surface area contributed by atoms with Gasteiger partial charge in [0, 0.05) is 44.9 Å². The van der Waals surface area contributed by atoms with Crippen molar-refractivity contribution >= 4 is 51.3 Å². The molecule has 1 amide bonds. The Labute approximate surface area is 284 Å². The van der Waals surface area contributed by atoms with Crippen LogP contribution < -0.4 is 9.64 Å². The van der Waals surface area contributed by atoms with Crippen LogP contribution in [0.15, 0.2) is 72.9 Å². The van der Waals surface area contributed by atoms with E-state index in [1.807, 2.05) is 99.2 Å². The molecule has 0 radical (unpaired) electrons. The van der Waals surface area contributed by atoms with Crippen LogP contribution >= 0.6 is 11.6 Å². The maximum absolute atomic E-state index is 13.1. The highest BCUT2D eigenvalue weighted by Crippen LogP contribution is 2.34. The van der Waals surface area contributed by atoms with E-state index in [1.54, 1.807) is 4.90 Å². The van der Waals surface area contributed by atoms with E-state index in [2.05, 4.69) is 27.0 Å². The summed E-state index contributed by atoms with van der Waals surface area (Å²) < 4.78 is 13.4. The van der Waals surface area contributed by atoms with Gasteiger partial charge in [0.2, 0.25) is 5.28 Å². The van der Waals surface area contributed by atoms with E-state index in [0.717, 1.165) is 33.0 Å². The van der Waals surface area contributed by atoms with Gasteiger partial charge in [0.1, 0.15) is 17.9 Å². The minimum Gasteiger partial charge on any atom is -0.445 e. The number of nitrogens with zero attached hydrogens (tertiary/aromatic N) is 6. The van der Waals surface area contributed by atoms with Crippen LogP contribution in [-0.4, -0.2) is 57.2 Å². The fourth-order valence-corrected chi connectivity index (χ4v) is 6.24. The van der Waals surface area contributed by atoms with Crippen molar-refractivity contribution in [1.82, 2.24) is 19.4 Å². The number of anilines is 1. The van der Waals surface area contributed by atoms with E-state index in [9.17, 15) is 14.9 Å². The van der Waals surface area contributed by atoms with Crippen LogP contribution in [0.5, 0.6) is 5.75 Å². The third kappa shape index (κ3) is 6.92. The summed E-state index contributed by atoms with van der Waals surface area (Å²) in [5, 5.41) is 11.7. The molecule has 246 valence electrons. The summed E-state index contributed by atoms with van der Waals surface area (Å²) in [6.07, 6.45) is 2.21. The average molecular weight is 665 g/mol. The molecule has 3 aromatic carbocycles. The van der Waals surface area contributed by atoms with E-state index in [0.29, 0.717) is 43.1 Å². The number of aromatic nitrogens is 3. The summed E-state index contributed by atoms with van der Waals surface area (Å²) in [6, 6.07) is 23.1. The van der Waals surface area contributed by atoms with Gasteiger partial charge in [-0.05, 0) is 66.4 Å². The number of nitriles is 1. The van der Waals surface area contributed by atoms with Crippen LogP contribution in [0, 0.1) is 16.7 Å². The quantitative estimate of drug-likeness (QED) is 0.103. The molecule has 0 spiro atoms. The number of hydrogen-bond donors (Lipinski definition) is 0. The molecule has 5 aromatic rings. The number of aryl methyl sites for hydroxylation is 1. The third-order valence-electron chi connectivity index (χ3n) is 8.52. The van der Waals surface area contributed by atoms with Gasteiger partial charge >= 0.3 is 12.1 Å². The minimum absolute atomic E-state index is 0.101. The topological polar surface area (TPSA) is 114 Å². The molecule has 6 rings (SSSR count). The molecule has 0 bridgehead atoms. The third-order valence-corrected chi connectivity index (χ3v) is 8.69. The first-order valence-corrected chi connectivity index (χ1v) is 16.2. The molecule has 1 unspecified atom stereocenters. The van der Waals surface area contributed by atoms with Crippen LogP contribution in [0.4, 0.5) is 10.6 Å². The van der Waals surface area contributed by atoms with Crippen LogP contribution in [0.2, 0.25) is 5.28 Å². The van der Waals surface area contributed by atoms with Gasteiger partial charge in [-0.2, -0.15) is 10.2 Å². The van der Waals surface area contributed by atoms with Crippen molar-refractivity contribution in [2.45, 2.75) is 46.3 Å². The molecular formula is C37H37ClN6O4. The van der Waals surface area contributed by atoms with Crippen LogP contribution in [0.25, 0.3) is 21.8 Å². The zero-order valence-corrected chi connectivity index (χ0v) is 28.2. The SMILES string of the molecule is Cn1cc(Cc2cc(OC(=O)C(C)(C)C)cc3ccccc23)c2nc(Cl)nc(N3CCN(C(=O)OCc4ccccc4)C(CC#N)C3)c21. The molecule has 0 saturated carbocycles. The Balaban J connectivity index is 1.29. The summed E-state index contributed by atoms with van der Waals surface area (Å²) in [7, 11) is 1.94. The molecule has 1 fully saturated rings. The predicted molar refractivity (Wildman–Crippen MR) is 185 cm³/mol. The number of ether oxygens (including phenoxy) is 2. The fourth-order valence-electron chi connectivity index (χ4n) is 6.07. The number of fused-ring (bicyclic) bond motifs is 2. The standard InChI is InChI=1S/C37H37ClN6O4/c1-37(2,3)34(45)48-29-19-25-12-8-9-13-30(25)26(20-29)18-27-21-42(4)32-31(27)40-35(38)41-33(32)43-16-17-44(28(22-43)14-15-39)36(46)47-23-24-10-6-5-7-11-24/h5-13,19-21,28H,14,16-18,22-23H2,1-4H3. The number of hydrogen-bond acceptors (Lipinski definition) is 8. The Hall–Kier alpha value is -5.14. The highest BCUT2D eigenvalue weighted by atomic mass is 35.5. The van der Waals surface area contributed by atoms with Crippen molar-refractivity contribution in [3.8, 4) is 11.8 Å². The van der Waals surface area contributed by atoms with Gasteiger partial charge in [-0.25, -0.2) is 9.78 Å². The number of amides is 1. The molecule has 11 heteroatoms. The number of esters is 1. The molecule has 3 heterocycles. The fraction of sp³-hybridized carbons (Fsp3) is 0.324. The lowest BCUT2D eigenvalue weighted by molar-refractivity contribution is -0.142. The Morgan fingerprint density at radius 2 is 1.77 bits per heavy atom. The van der Waals surface area contributed by atoms with Crippen LogP contribution in [0.1, 0.15) is 43.9 Å². The Kier molecular flexibility index (Phi) is 9.24. The van der Waals surface area contributed by atoms with Gasteiger partial charge in [-0.15, -0.1) is 0 Å². The second kappa shape index (κ2) is 13.5. The van der Waals surface area contributed by atoms with E-state index < -0.39 is 17.6 Å². The highest BCUT2D eigenvalue weighted by molar-refractivity contribution is 6.28. The van der Waals surface area contributed by atoms with Crippen molar-refractivity contribution in [2.24, 2.45) is 12.5 Å². The molecule has 0 N–H and O–H groups in total. The summed E-state index contributed by atoms with van der Waals surface area (Å²) >= 11 is 6.57. The van der Waals surface area contributed by atoms with Gasteiger partial charge in [-0.3, -0.25) is 4.79 Å². The number of carbonyl (C=O) groups excluding carboxylic acids is 2. The lowest BCUT2D eigenvalue weighted by atomic mass is 9.97. The maximum Gasteiger partial charge on any atom is 0.410 e. The summed E-state index contributed by atoms with van der Waals surface area (Å²) in [5.41, 5.74) is 3.65. The van der Waals surface area contributed by atoms with E-state index >= 15 is 0 Å². The van der Waals surface area contributed by atoms with Crippen LogP contribution in [-0.2, 0) is 29.6 Å². The monoisotopic (exact) mass is 664 g/mol. The van der Waals surface area contributed by atoms with Crippen molar-refractivity contribution in [3.05, 3.63) is 94.9 Å². The molecule has 2 aromatic heterocycles. The van der Waals surface area contributed by atoms with Gasteiger partial charge in [0.05, 0.1) is 29.5 Å². The van der Waals surface area contributed by atoms with E-state index in [1.165, 1.54) is 0 Å². The first-order chi connectivity index (χ1) is 23.0. The predicted octanol–water partition coefficient (Wildman–Crippen LogP) is 7.06. The molecule has 1 atom stereocenters. The summed E-state index contributed by atoms with van der Waals surface area (Å²) in [6.45, 7) is 6.84. The first-order valence-electron chi connectivity index (χ1n) is 15.9. The number of carbonyl (C=O) groups is 2. The summed E-state index contributed by atoms with van der Waals surface area (Å²) in [5.74, 6) is 0.815. The van der Waals surface area contributed by atoms with Gasteiger partial charge < -0.3 is 23.8 Å². The van der Waals surface area contributed by atoms with Gasteiger partial charge in [0.15, 0.2) is 5.82 Å². The van der Waals surface area contributed by atoms with E-state index in [4.69, 9.17) is 21.1 Å².